The van der Waals surface area contributed by atoms with Gasteiger partial charge in [-0.2, -0.15) is 5.10 Å². The second-order valence-electron chi connectivity index (χ2n) is 7.14. The number of rotatable bonds is 4. The van der Waals surface area contributed by atoms with Crippen LogP contribution in [-0.2, 0) is 4.79 Å². The lowest BCUT2D eigenvalue weighted by atomic mass is 9.97. The fraction of sp³-hybridized carbons (Fsp3) is 0.556. The van der Waals surface area contributed by atoms with E-state index >= 15 is 0 Å². The lowest BCUT2D eigenvalue weighted by Crippen LogP contribution is -2.44. The number of hydrogen-bond donors (Lipinski definition) is 1. The first-order valence-electron chi connectivity index (χ1n) is 9.01. The lowest BCUT2D eigenvalue weighted by molar-refractivity contribution is -0.125. The molecule has 2 aliphatic rings. The van der Waals surface area contributed by atoms with Crippen LogP contribution >= 0.6 is 0 Å². The van der Waals surface area contributed by atoms with Gasteiger partial charge in [-0.15, -0.1) is 0 Å². The SMILES string of the molecule is Cc1cc(C)n(-c2cc(N3CCCC(C(=O)NC4CC4)C3)ncn2)n1. The molecule has 0 spiro atoms. The minimum Gasteiger partial charge on any atom is -0.356 e. The number of carbonyl (C=O) groups excluding carboxylic acids is 1. The zero-order chi connectivity index (χ0) is 17.4. The number of hydrogen-bond acceptors (Lipinski definition) is 5. The van der Waals surface area contributed by atoms with Crippen molar-refractivity contribution in [2.24, 2.45) is 5.92 Å². The van der Waals surface area contributed by atoms with Crippen LogP contribution in [-0.4, -0.2) is 44.8 Å². The molecule has 1 N–H and O–H groups in total. The maximum atomic E-state index is 12.4. The molecule has 1 saturated heterocycles. The fourth-order valence-electron chi connectivity index (χ4n) is 3.43. The number of nitrogens with one attached hydrogen (secondary N) is 1. The molecular weight excluding hydrogens is 316 g/mol. The van der Waals surface area contributed by atoms with E-state index in [1.807, 2.05) is 30.7 Å². The van der Waals surface area contributed by atoms with Crippen LogP contribution in [0, 0.1) is 19.8 Å². The molecule has 1 saturated carbocycles. The topological polar surface area (TPSA) is 75.9 Å². The van der Waals surface area contributed by atoms with Gasteiger partial charge in [-0.1, -0.05) is 0 Å². The van der Waals surface area contributed by atoms with Gasteiger partial charge in [0.2, 0.25) is 5.91 Å². The summed E-state index contributed by atoms with van der Waals surface area (Å²) < 4.78 is 1.84. The molecule has 1 aliphatic carbocycles. The Morgan fingerprint density at radius 3 is 2.68 bits per heavy atom. The van der Waals surface area contributed by atoms with Crippen LogP contribution in [0.4, 0.5) is 5.82 Å². The van der Waals surface area contributed by atoms with Crippen LogP contribution < -0.4 is 10.2 Å². The molecule has 4 rings (SSSR count). The van der Waals surface area contributed by atoms with Crippen molar-refractivity contribution in [1.82, 2.24) is 25.1 Å². The third-order valence-electron chi connectivity index (χ3n) is 4.90. The number of carbonyl (C=O) groups is 1. The predicted octanol–water partition coefficient (Wildman–Crippen LogP) is 1.77. The summed E-state index contributed by atoms with van der Waals surface area (Å²) in [4.78, 5) is 23.4. The van der Waals surface area contributed by atoms with Gasteiger partial charge in [-0.25, -0.2) is 14.6 Å². The average Bonchev–Trinajstić information content (AvgIpc) is 3.37. The third-order valence-corrected chi connectivity index (χ3v) is 4.90. The first-order chi connectivity index (χ1) is 12.1. The molecule has 1 atom stereocenters. The van der Waals surface area contributed by atoms with Crippen molar-refractivity contribution in [3.8, 4) is 5.82 Å². The summed E-state index contributed by atoms with van der Waals surface area (Å²) in [6.45, 7) is 5.62. The van der Waals surface area contributed by atoms with Crippen LogP contribution in [0.3, 0.4) is 0 Å². The Balaban J connectivity index is 1.51. The largest absolute Gasteiger partial charge is 0.356 e. The van der Waals surface area contributed by atoms with Crippen LogP contribution in [0.1, 0.15) is 37.1 Å². The molecule has 1 aliphatic heterocycles. The Hall–Kier alpha value is -2.44. The Morgan fingerprint density at radius 2 is 1.96 bits per heavy atom. The highest BCUT2D eigenvalue weighted by Crippen LogP contribution is 2.25. The van der Waals surface area contributed by atoms with Crippen molar-refractivity contribution in [1.29, 1.82) is 0 Å². The molecule has 132 valence electrons. The minimum absolute atomic E-state index is 0.0430. The Kier molecular flexibility index (Phi) is 4.15. The Bertz CT molecular complexity index is 782. The summed E-state index contributed by atoms with van der Waals surface area (Å²) in [5.41, 5.74) is 2.01. The summed E-state index contributed by atoms with van der Waals surface area (Å²) in [7, 11) is 0. The number of aryl methyl sites for hydroxylation is 2. The van der Waals surface area contributed by atoms with Crippen LogP contribution in [0.15, 0.2) is 18.5 Å². The normalized spacial score (nSPS) is 20.6. The minimum atomic E-state index is 0.0430. The summed E-state index contributed by atoms with van der Waals surface area (Å²) in [5, 5.41) is 7.62. The van der Waals surface area contributed by atoms with Crippen LogP contribution in [0.2, 0.25) is 0 Å². The molecule has 2 aromatic rings. The van der Waals surface area contributed by atoms with Gasteiger partial charge in [-0.3, -0.25) is 4.79 Å². The number of piperidine rings is 1. The summed E-state index contributed by atoms with van der Waals surface area (Å²) >= 11 is 0. The van der Waals surface area contributed by atoms with E-state index in [0.29, 0.717) is 12.6 Å². The van der Waals surface area contributed by atoms with Gasteiger partial charge in [0, 0.05) is 30.9 Å². The zero-order valence-corrected chi connectivity index (χ0v) is 14.8. The highest BCUT2D eigenvalue weighted by molar-refractivity contribution is 5.80. The average molecular weight is 340 g/mol. The summed E-state index contributed by atoms with van der Waals surface area (Å²) in [6.07, 6.45) is 5.78. The van der Waals surface area contributed by atoms with Crippen molar-refractivity contribution in [2.75, 3.05) is 18.0 Å². The van der Waals surface area contributed by atoms with Gasteiger partial charge in [0.15, 0.2) is 5.82 Å². The highest BCUT2D eigenvalue weighted by Gasteiger charge is 2.31. The smallest absolute Gasteiger partial charge is 0.225 e. The predicted molar refractivity (Wildman–Crippen MR) is 94.7 cm³/mol. The molecule has 0 aromatic carbocycles. The van der Waals surface area contributed by atoms with Crippen LogP contribution in [0.5, 0.6) is 0 Å². The first-order valence-corrected chi connectivity index (χ1v) is 9.01. The van der Waals surface area contributed by atoms with Crippen molar-refractivity contribution < 1.29 is 4.79 Å². The Morgan fingerprint density at radius 1 is 1.16 bits per heavy atom. The summed E-state index contributed by atoms with van der Waals surface area (Å²) in [5.74, 6) is 1.86. The van der Waals surface area contributed by atoms with E-state index in [4.69, 9.17) is 0 Å². The van der Waals surface area contributed by atoms with E-state index in [2.05, 4.69) is 25.3 Å². The van der Waals surface area contributed by atoms with Gasteiger partial charge in [-0.05, 0) is 45.6 Å². The van der Waals surface area contributed by atoms with Crippen LogP contribution in [0.25, 0.3) is 5.82 Å². The molecular formula is C18H24N6O. The van der Waals surface area contributed by atoms with Crippen molar-refractivity contribution in [3.63, 3.8) is 0 Å². The van der Waals surface area contributed by atoms with Gasteiger partial charge in [0.05, 0.1) is 11.6 Å². The van der Waals surface area contributed by atoms with Gasteiger partial charge in [0.25, 0.3) is 0 Å². The molecule has 2 aromatic heterocycles. The third kappa shape index (κ3) is 3.50. The molecule has 7 nitrogen and oxygen atoms in total. The first kappa shape index (κ1) is 16.1. The molecule has 1 unspecified atom stereocenters. The van der Waals surface area contributed by atoms with Gasteiger partial charge >= 0.3 is 0 Å². The highest BCUT2D eigenvalue weighted by atomic mass is 16.2. The quantitative estimate of drug-likeness (QED) is 0.918. The van der Waals surface area contributed by atoms with Crippen molar-refractivity contribution in [3.05, 3.63) is 29.8 Å². The monoisotopic (exact) mass is 340 g/mol. The van der Waals surface area contributed by atoms with Gasteiger partial charge < -0.3 is 10.2 Å². The fourth-order valence-corrected chi connectivity index (χ4v) is 3.43. The maximum Gasteiger partial charge on any atom is 0.225 e. The van der Waals surface area contributed by atoms with Crippen molar-refractivity contribution >= 4 is 11.7 Å². The Labute approximate surface area is 147 Å². The number of amides is 1. The van der Waals surface area contributed by atoms with Crippen molar-refractivity contribution in [2.45, 2.75) is 45.6 Å². The van der Waals surface area contributed by atoms with E-state index in [0.717, 1.165) is 55.3 Å². The number of anilines is 1. The molecule has 1 amide bonds. The number of nitrogens with zero attached hydrogens (tertiary/aromatic N) is 5. The molecule has 2 fully saturated rings. The lowest BCUT2D eigenvalue weighted by Gasteiger charge is -2.33. The molecule has 3 heterocycles. The van der Waals surface area contributed by atoms with E-state index in [9.17, 15) is 4.79 Å². The van der Waals surface area contributed by atoms with E-state index in [-0.39, 0.29) is 11.8 Å². The van der Waals surface area contributed by atoms with E-state index in [1.165, 1.54) is 0 Å². The zero-order valence-electron chi connectivity index (χ0n) is 14.8. The van der Waals surface area contributed by atoms with Gasteiger partial charge in [0.1, 0.15) is 12.1 Å². The molecule has 7 heteroatoms. The standard InChI is InChI=1S/C18H24N6O/c1-12-8-13(2)24(22-12)17-9-16(19-11-20-17)23-7-3-4-14(10-23)18(25)21-15-5-6-15/h8-9,11,14-15H,3-7,10H2,1-2H3,(H,21,25). The summed E-state index contributed by atoms with van der Waals surface area (Å²) in [6, 6.07) is 4.40. The molecule has 25 heavy (non-hydrogen) atoms. The maximum absolute atomic E-state index is 12.4. The van der Waals surface area contributed by atoms with E-state index in [1.54, 1.807) is 6.33 Å². The van der Waals surface area contributed by atoms with E-state index < -0.39 is 0 Å². The number of aromatic nitrogens is 4. The second kappa shape index (κ2) is 6.46. The molecule has 0 bridgehead atoms. The second-order valence-corrected chi connectivity index (χ2v) is 7.14. The molecule has 0 radical (unpaired) electrons.